The van der Waals surface area contributed by atoms with Gasteiger partial charge in [-0.05, 0) is 52.7 Å². The number of carbonyl (C=O) groups is 1. The molecule has 0 aromatic carbocycles. The van der Waals surface area contributed by atoms with E-state index in [1.807, 2.05) is 33.8 Å². The molecule has 0 saturated carbocycles. The third-order valence-corrected chi connectivity index (χ3v) is 3.96. The van der Waals surface area contributed by atoms with E-state index in [2.05, 4.69) is 6.58 Å². The lowest BCUT2D eigenvalue weighted by molar-refractivity contribution is -0.190. The minimum Gasteiger partial charge on any atom is -0.364 e. The topological polar surface area (TPSA) is 35.5 Å². The van der Waals surface area contributed by atoms with Crippen LogP contribution in [0.3, 0.4) is 0 Å². The Morgan fingerprint density at radius 3 is 2.61 bits per heavy atom. The molecule has 3 heteroatoms. The molecule has 2 aliphatic heterocycles. The Hall–Kier alpha value is -0.930. The van der Waals surface area contributed by atoms with E-state index in [-0.39, 0.29) is 17.5 Å². The van der Waals surface area contributed by atoms with Gasteiger partial charge in [-0.15, -0.1) is 6.58 Å². The van der Waals surface area contributed by atoms with Crippen molar-refractivity contribution in [3.05, 3.63) is 24.8 Å². The summed E-state index contributed by atoms with van der Waals surface area (Å²) in [6, 6.07) is 0. The Morgan fingerprint density at radius 1 is 1.39 bits per heavy atom. The van der Waals surface area contributed by atoms with Crippen molar-refractivity contribution in [3.63, 3.8) is 0 Å². The van der Waals surface area contributed by atoms with E-state index in [9.17, 15) is 4.79 Å². The molecular formula is C15H22O3. The number of hydrogen-bond acceptors (Lipinski definition) is 3. The van der Waals surface area contributed by atoms with Crippen LogP contribution in [-0.2, 0) is 14.3 Å². The molecule has 0 aromatic heterocycles. The van der Waals surface area contributed by atoms with Gasteiger partial charge in [-0.2, -0.15) is 0 Å². The number of ketones is 1. The maximum Gasteiger partial charge on any atom is 0.189 e. The first-order chi connectivity index (χ1) is 8.21. The molecule has 0 bridgehead atoms. The van der Waals surface area contributed by atoms with Gasteiger partial charge in [-0.1, -0.05) is 6.08 Å². The van der Waals surface area contributed by atoms with Crippen LogP contribution in [0, 0.1) is 0 Å². The Kier molecular flexibility index (Phi) is 3.03. The van der Waals surface area contributed by atoms with Crippen LogP contribution >= 0.6 is 0 Å². The second-order valence-electron chi connectivity index (χ2n) is 6.17. The molecule has 18 heavy (non-hydrogen) atoms. The van der Waals surface area contributed by atoms with Crippen molar-refractivity contribution < 1.29 is 14.3 Å². The van der Waals surface area contributed by atoms with Crippen molar-refractivity contribution >= 4 is 5.78 Å². The number of carbonyl (C=O) groups excluding carboxylic acids is 1. The van der Waals surface area contributed by atoms with Gasteiger partial charge >= 0.3 is 0 Å². The molecule has 100 valence electrons. The first kappa shape index (κ1) is 13.5. The zero-order chi connectivity index (χ0) is 13.6. The van der Waals surface area contributed by atoms with E-state index in [1.54, 1.807) is 12.2 Å². The average Bonchev–Trinajstić information content (AvgIpc) is 2.68. The van der Waals surface area contributed by atoms with Gasteiger partial charge in [0.25, 0.3) is 0 Å². The van der Waals surface area contributed by atoms with E-state index in [4.69, 9.17) is 9.47 Å². The molecule has 2 heterocycles. The summed E-state index contributed by atoms with van der Waals surface area (Å²) in [5, 5.41) is 0. The largest absolute Gasteiger partial charge is 0.364 e. The summed E-state index contributed by atoms with van der Waals surface area (Å²) in [6.07, 6.45) is 6.71. The van der Waals surface area contributed by atoms with Crippen LogP contribution in [-0.4, -0.2) is 28.7 Å². The first-order valence-electron chi connectivity index (χ1n) is 6.46. The summed E-state index contributed by atoms with van der Waals surface area (Å²) in [4.78, 5) is 12.2. The van der Waals surface area contributed by atoms with Gasteiger partial charge in [0.15, 0.2) is 11.4 Å². The minimum absolute atomic E-state index is 0.0138. The van der Waals surface area contributed by atoms with Crippen LogP contribution in [0.5, 0.6) is 0 Å². The number of rotatable bonds is 2. The lowest BCUT2D eigenvalue weighted by atomic mass is 9.86. The van der Waals surface area contributed by atoms with Gasteiger partial charge in [0.2, 0.25) is 0 Å². The number of hydrogen-bond donors (Lipinski definition) is 0. The van der Waals surface area contributed by atoms with E-state index in [1.165, 1.54) is 0 Å². The highest BCUT2D eigenvalue weighted by molar-refractivity contribution is 5.98. The van der Waals surface area contributed by atoms with Gasteiger partial charge < -0.3 is 9.47 Å². The lowest BCUT2D eigenvalue weighted by Crippen LogP contribution is -2.55. The molecular weight excluding hydrogens is 228 g/mol. The molecule has 2 aliphatic rings. The minimum atomic E-state index is -0.890. The standard InChI is InChI=1S/C15H22O3/c1-6-14(4)10-8-12(17-14)15(5)11(16)7-9-13(2,3)18-15/h6-7,9,12H,1,8,10H2,2-5H3/t12?,14-,15+/m0/s1. The highest BCUT2D eigenvalue weighted by atomic mass is 16.6. The van der Waals surface area contributed by atoms with E-state index in [0.29, 0.717) is 0 Å². The molecule has 3 atom stereocenters. The molecule has 1 unspecified atom stereocenters. The first-order valence-corrected chi connectivity index (χ1v) is 6.46. The second-order valence-corrected chi connectivity index (χ2v) is 6.17. The maximum absolute atomic E-state index is 12.2. The third-order valence-electron chi connectivity index (χ3n) is 3.96. The molecule has 3 nitrogen and oxygen atoms in total. The molecule has 0 aliphatic carbocycles. The van der Waals surface area contributed by atoms with Crippen LogP contribution < -0.4 is 0 Å². The quantitative estimate of drug-likeness (QED) is 0.707. The molecule has 0 spiro atoms. The normalized spacial score (nSPS) is 43.1. The smallest absolute Gasteiger partial charge is 0.189 e. The Labute approximate surface area is 109 Å². The van der Waals surface area contributed by atoms with Crippen molar-refractivity contribution in [1.29, 1.82) is 0 Å². The molecule has 1 saturated heterocycles. The van der Waals surface area contributed by atoms with Crippen LogP contribution in [0.2, 0.25) is 0 Å². The summed E-state index contributed by atoms with van der Waals surface area (Å²) in [7, 11) is 0. The average molecular weight is 250 g/mol. The van der Waals surface area contributed by atoms with Crippen molar-refractivity contribution in [2.45, 2.75) is 63.4 Å². The summed E-state index contributed by atoms with van der Waals surface area (Å²) in [5.74, 6) is -0.0138. The highest BCUT2D eigenvalue weighted by Gasteiger charge is 2.52. The van der Waals surface area contributed by atoms with Crippen LogP contribution in [0.4, 0.5) is 0 Å². The molecule has 1 fully saturated rings. The van der Waals surface area contributed by atoms with Crippen LogP contribution in [0.1, 0.15) is 40.5 Å². The van der Waals surface area contributed by atoms with Gasteiger partial charge in [0, 0.05) is 0 Å². The fourth-order valence-electron chi connectivity index (χ4n) is 2.70. The summed E-state index contributed by atoms with van der Waals surface area (Å²) in [5.41, 5.74) is -1.67. The van der Waals surface area contributed by atoms with Crippen molar-refractivity contribution in [2.75, 3.05) is 0 Å². The summed E-state index contributed by atoms with van der Waals surface area (Å²) < 4.78 is 12.0. The summed E-state index contributed by atoms with van der Waals surface area (Å²) >= 11 is 0. The lowest BCUT2D eigenvalue weighted by Gasteiger charge is -2.42. The fraction of sp³-hybridized carbons (Fsp3) is 0.667. The molecule has 0 aromatic rings. The third kappa shape index (κ3) is 2.17. The van der Waals surface area contributed by atoms with Gasteiger partial charge in [0.05, 0.1) is 17.3 Å². The summed E-state index contributed by atoms with van der Waals surface area (Å²) in [6.45, 7) is 11.5. The van der Waals surface area contributed by atoms with E-state index in [0.717, 1.165) is 12.8 Å². The molecule has 0 amide bonds. The predicted octanol–water partition coefficient (Wildman–Crippen LogP) is 2.80. The van der Waals surface area contributed by atoms with Crippen LogP contribution in [0.15, 0.2) is 24.8 Å². The van der Waals surface area contributed by atoms with Crippen LogP contribution in [0.25, 0.3) is 0 Å². The Bertz CT molecular complexity index is 410. The second kappa shape index (κ2) is 4.04. The van der Waals surface area contributed by atoms with E-state index < -0.39 is 11.2 Å². The van der Waals surface area contributed by atoms with E-state index >= 15 is 0 Å². The predicted molar refractivity (Wildman–Crippen MR) is 70.4 cm³/mol. The molecule has 0 N–H and O–H groups in total. The Balaban J connectivity index is 2.25. The van der Waals surface area contributed by atoms with Crippen molar-refractivity contribution in [3.8, 4) is 0 Å². The Morgan fingerprint density at radius 2 is 2.06 bits per heavy atom. The monoisotopic (exact) mass is 250 g/mol. The molecule has 2 rings (SSSR count). The number of ether oxygens (including phenoxy) is 2. The van der Waals surface area contributed by atoms with Gasteiger partial charge in [-0.25, -0.2) is 0 Å². The SMILES string of the molecule is C=C[C@@]1(C)CCC([C@]2(C)OC(C)(C)C=CC2=O)O1. The van der Waals surface area contributed by atoms with Crippen molar-refractivity contribution in [1.82, 2.24) is 0 Å². The molecule has 0 radical (unpaired) electrons. The fourth-order valence-corrected chi connectivity index (χ4v) is 2.70. The zero-order valence-corrected chi connectivity index (χ0v) is 11.7. The van der Waals surface area contributed by atoms with Gasteiger partial charge in [0.1, 0.15) is 0 Å². The maximum atomic E-state index is 12.2. The van der Waals surface area contributed by atoms with Crippen molar-refractivity contribution in [2.24, 2.45) is 0 Å². The highest BCUT2D eigenvalue weighted by Crippen LogP contribution is 2.41. The van der Waals surface area contributed by atoms with Gasteiger partial charge in [-0.3, -0.25) is 4.79 Å². The zero-order valence-electron chi connectivity index (χ0n) is 11.7.